The van der Waals surface area contributed by atoms with Gasteiger partial charge in [0.1, 0.15) is 0 Å². The van der Waals surface area contributed by atoms with Gasteiger partial charge in [-0.05, 0) is 30.2 Å². The summed E-state index contributed by atoms with van der Waals surface area (Å²) in [5, 5.41) is 3.15. The van der Waals surface area contributed by atoms with E-state index in [1.807, 2.05) is 11.8 Å². The first-order valence-electron chi connectivity index (χ1n) is 8.37. The van der Waals surface area contributed by atoms with E-state index in [2.05, 4.69) is 5.32 Å². The van der Waals surface area contributed by atoms with Crippen LogP contribution in [0.25, 0.3) is 0 Å². The summed E-state index contributed by atoms with van der Waals surface area (Å²) < 4.78 is 78.6. The molecule has 1 aromatic rings. The summed E-state index contributed by atoms with van der Waals surface area (Å²) >= 11 is 0. The molecule has 0 bridgehead atoms. The molecular formula is C17H22F6N2. The van der Waals surface area contributed by atoms with Crippen molar-refractivity contribution < 1.29 is 26.3 Å². The summed E-state index contributed by atoms with van der Waals surface area (Å²) in [5.74, 6) is 0. The zero-order valence-corrected chi connectivity index (χ0v) is 14.0. The Kier molecular flexibility index (Phi) is 6.37. The molecule has 1 heterocycles. The van der Waals surface area contributed by atoms with Crippen molar-refractivity contribution in [3.05, 3.63) is 34.9 Å². The van der Waals surface area contributed by atoms with Crippen molar-refractivity contribution in [2.75, 3.05) is 26.2 Å². The summed E-state index contributed by atoms with van der Waals surface area (Å²) in [4.78, 5) is 1.97. The number of piperazine rings is 1. The van der Waals surface area contributed by atoms with Gasteiger partial charge in [0, 0.05) is 32.2 Å². The maximum absolute atomic E-state index is 13.1. The van der Waals surface area contributed by atoms with Gasteiger partial charge in [0.15, 0.2) is 0 Å². The average molecular weight is 368 g/mol. The van der Waals surface area contributed by atoms with E-state index in [1.54, 1.807) is 0 Å². The molecule has 1 fully saturated rings. The predicted molar refractivity (Wildman–Crippen MR) is 83.2 cm³/mol. The Morgan fingerprint density at radius 2 is 1.48 bits per heavy atom. The normalized spacial score (nSPS) is 18.4. The number of unbranched alkanes of at least 4 members (excludes halogenated alkanes) is 1. The number of benzene rings is 1. The van der Waals surface area contributed by atoms with Crippen LogP contribution >= 0.6 is 0 Å². The summed E-state index contributed by atoms with van der Waals surface area (Å²) in [5.41, 5.74) is -2.39. The third-order valence-electron chi connectivity index (χ3n) is 4.42. The van der Waals surface area contributed by atoms with Crippen LogP contribution in [0.5, 0.6) is 0 Å². The van der Waals surface area contributed by atoms with Gasteiger partial charge in [0.25, 0.3) is 0 Å². The maximum atomic E-state index is 13.1. The third kappa shape index (κ3) is 5.34. The van der Waals surface area contributed by atoms with Crippen LogP contribution in [0.15, 0.2) is 18.2 Å². The summed E-state index contributed by atoms with van der Waals surface area (Å²) in [6.45, 7) is 4.50. The molecule has 0 aliphatic carbocycles. The molecule has 0 spiro atoms. The zero-order chi connectivity index (χ0) is 18.7. The molecule has 0 radical (unpaired) electrons. The fourth-order valence-corrected chi connectivity index (χ4v) is 3.12. The van der Waals surface area contributed by atoms with E-state index < -0.39 is 29.5 Å². The quantitative estimate of drug-likeness (QED) is 0.747. The van der Waals surface area contributed by atoms with Gasteiger partial charge < -0.3 is 5.32 Å². The molecule has 1 aliphatic heterocycles. The molecule has 142 valence electrons. The molecule has 0 saturated carbocycles. The predicted octanol–water partition coefficient (Wildman–Crippen LogP) is 4.86. The van der Waals surface area contributed by atoms with Gasteiger partial charge in [-0.25, -0.2) is 0 Å². The van der Waals surface area contributed by atoms with Crippen LogP contribution in [0.4, 0.5) is 26.3 Å². The van der Waals surface area contributed by atoms with Crippen molar-refractivity contribution in [2.24, 2.45) is 0 Å². The number of rotatable bonds is 5. The van der Waals surface area contributed by atoms with E-state index in [9.17, 15) is 26.3 Å². The van der Waals surface area contributed by atoms with Crippen LogP contribution in [0.3, 0.4) is 0 Å². The van der Waals surface area contributed by atoms with E-state index >= 15 is 0 Å². The first-order valence-corrected chi connectivity index (χ1v) is 8.37. The van der Waals surface area contributed by atoms with E-state index in [-0.39, 0.29) is 11.6 Å². The zero-order valence-electron chi connectivity index (χ0n) is 14.0. The third-order valence-corrected chi connectivity index (χ3v) is 4.42. The summed E-state index contributed by atoms with van der Waals surface area (Å²) in [6, 6.07) is 1.50. The highest BCUT2D eigenvalue weighted by Crippen LogP contribution is 2.39. The van der Waals surface area contributed by atoms with E-state index in [4.69, 9.17) is 0 Å². The van der Waals surface area contributed by atoms with Crippen molar-refractivity contribution in [2.45, 2.75) is 44.6 Å². The molecule has 1 N–H and O–H groups in total. The second-order valence-electron chi connectivity index (χ2n) is 6.28. The minimum atomic E-state index is -4.81. The van der Waals surface area contributed by atoms with Gasteiger partial charge >= 0.3 is 12.4 Å². The molecule has 8 heteroatoms. The van der Waals surface area contributed by atoms with E-state index in [0.717, 1.165) is 25.0 Å². The SMILES string of the molecule is CCCC[C@H](c1cc(C(F)(F)F)cc(C(F)(F)F)c1)N1CCNCC1. The van der Waals surface area contributed by atoms with Gasteiger partial charge in [-0.2, -0.15) is 26.3 Å². The van der Waals surface area contributed by atoms with Gasteiger partial charge in [-0.1, -0.05) is 19.8 Å². The Hall–Kier alpha value is -1.28. The Bertz CT molecular complexity index is 529. The van der Waals surface area contributed by atoms with Crippen molar-refractivity contribution in [1.82, 2.24) is 10.2 Å². The molecule has 1 atom stereocenters. The van der Waals surface area contributed by atoms with Gasteiger partial charge in [0.05, 0.1) is 11.1 Å². The molecule has 0 amide bonds. The number of hydrogen-bond donors (Lipinski definition) is 1. The molecule has 2 nitrogen and oxygen atoms in total. The highest BCUT2D eigenvalue weighted by atomic mass is 19.4. The smallest absolute Gasteiger partial charge is 0.314 e. The number of nitrogens with one attached hydrogen (secondary N) is 1. The standard InChI is InChI=1S/C17H22F6N2/c1-2-3-4-15(25-7-5-24-6-8-25)12-9-13(16(18,19)20)11-14(10-12)17(21,22)23/h9-11,15,24H,2-8H2,1H3/t15-/m1/s1. The highest BCUT2D eigenvalue weighted by molar-refractivity contribution is 5.35. The van der Waals surface area contributed by atoms with Crippen LogP contribution < -0.4 is 5.32 Å². The average Bonchev–Trinajstić information content (AvgIpc) is 2.54. The van der Waals surface area contributed by atoms with Gasteiger partial charge in [-0.15, -0.1) is 0 Å². The highest BCUT2D eigenvalue weighted by Gasteiger charge is 2.38. The molecule has 0 unspecified atom stereocenters. The maximum Gasteiger partial charge on any atom is 0.416 e. The molecule has 0 aromatic heterocycles. The Balaban J connectivity index is 2.46. The largest absolute Gasteiger partial charge is 0.416 e. The Morgan fingerprint density at radius 3 is 1.92 bits per heavy atom. The van der Waals surface area contributed by atoms with Crippen molar-refractivity contribution in [3.63, 3.8) is 0 Å². The molecule has 25 heavy (non-hydrogen) atoms. The molecule has 1 aliphatic rings. The topological polar surface area (TPSA) is 15.3 Å². The number of nitrogens with zero attached hydrogens (tertiary/aromatic N) is 1. The Morgan fingerprint density at radius 1 is 0.960 bits per heavy atom. The number of halogens is 6. The second-order valence-corrected chi connectivity index (χ2v) is 6.28. The fourth-order valence-electron chi connectivity index (χ4n) is 3.12. The Labute approximate surface area is 143 Å². The number of alkyl halides is 6. The summed E-state index contributed by atoms with van der Waals surface area (Å²) in [6.07, 6.45) is -7.52. The first kappa shape index (κ1) is 20.0. The molecule has 2 rings (SSSR count). The van der Waals surface area contributed by atoms with Gasteiger partial charge in [-0.3, -0.25) is 4.90 Å². The molecular weight excluding hydrogens is 346 g/mol. The lowest BCUT2D eigenvalue weighted by atomic mass is 9.94. The molecule has 1 saturated heterocycles. The van der Waals surface area contributed by atoms with Crippen LogP contribution in [-0.2, 0) is 12.4 Å². The fraction of sp³-hybridized carbons (Fsp3) is 0.647. The number of hydrogen-bond acceptors (Lipinski definition) is 2. The van der Waals surface area contributed by atoms with Crippen molar-refractivity contribution in [3.8, 4) is 0 Å². The van der Waals surface area contributed by atoms with Crippen LogP contribution in [0.2, 0.25) is 0 Å². The summed E-state index contributed by atoms with van der Waals surface area (Å²) in [7, 11) is 0. The van der Waals surface area contributed by atoms with E-state index in [0.29, 0.717) is 32.6 Å². The first-order chi connectivity index (χ1) is 11.6. The van der Waals surface area contributed by atoms with Gasteiger partial charge in [0.2, 0.25) is 0 Å². The lowest BCUT2D eigenvalue weighted by molar-refractivity contribution is -0.143. The van der Waals surface area contributed by atoms with Crippen molar-refractivity contribution >= 4 is 0 Å². The lowest BCUT2D eigenvalue weighted by Gasteiger charge is -2.36. The lowest BCUT2D eigenvalue weighted by Crippen LogP contribution is -2.45. The van der Waals surface area contributed by atoms with Crippen LogP contribution in [0, 0.1) is 0 Å². The minimum absolute atomic E-state index is 0.0949. The monoisotopic (exact) mass is 368 g/mol. The molecule has 1 aromatic carbocycles. The van der Waals surface area contributed by atoms with Crippen LogP contribution in [-0.4, -0.2) is 31.1 Å². The van der Waals surface area contributed by atoms with Crippen molar-refractivity contribution in [1.29, 1.82) is 0 Å². The van der Waals surface area contributed by atoms with E-state index in [1.165, 1.54) is 0 Å². The second kappa shape index (κ2) is 7.95. The van der Waals surface area contributed by atoms with Crippen LogP contribution in [0.1, 0.15) is 48.9 Å². The minimum Gasteiger partial charge on any atom is -0.314 e.